The van der Waals surface area contributed by atoms with Crippen LogP contribution in [0.2, 0.25) is 5.02 Å². The number of fused-ring (bicyclic) bond motifs is 1. The third kappa shape index (κ3) is 3.88. The van der Waals surface area contributed by atoms with Crippen LogP contribution in [-0.2, 0) is 6.61 Å². The summed E-state index contributed by atoms with van der Waals surface area (Å²) in [6.45, 7) is 0.0556. The molecule has 0 saturated carbocycles. The Morgan fingerprint density at radius 2 is 1.93 bits per heavy atom. The van der Waals surface area contributed by atoms with Crippen molar-refractivity contribution in [3.05, 3.63) is 85.7 Å². The molecule has 0 unspecified atom stereocenters. The number of rotatable bonds is 5. The average molecular weight is 428 g/mol. The molecule has 0 bridgehead atoms. The largest absolute Gasteiger partial charge is 0.481 e. The lowest BCUT2D eigenvalue weighted by atomic mass is 10.1. The molecule has 2 aromatic carbocycles. The van der Waals surface area contributed by atoms with Crippen molar-refractivity contribution in [2.75, 3.05) is 0 Å². The van der Waals surface area contributed by atoms with Gasteiger partial charge in [-0.1, -0.05) is 41.9 Å². The van der Waals surface area contributed by atoms with E-state index in [0.29, 0.717) is 37.1 Å². The van der Waals surface area contributed by atoms with Gasteiger partial charge in [-0.3, -0.25) is 14.8 Å². The van der Waals surface area contributed by atoms with Crippen molar-refractivity contribution < 1.29 is 19.2 Å². The van der Waals surface area contributed by atoms with E-state index < -0.39 is 5.91 Å². The lowest BCUT2D eigenvalue weighted by Gasteiger charge is -2.11. The fourth-order valence-corrected chi connectivity index (χ4v) is 3.82. The molecule has 0 radical (unpaired) electrons. The van der Waals surface area contributed by atoms with Crippen LogP contribution in [-0.4, -0.2) is 11.1 Å². The molecular formula is C21H14ClNO5S. The molecule has 0 atom stereocenters. The highest BCUT2D eigenvalue weighted by atomic mass is 35.5. The summed E-state index contributed by atoms with van der Waals surface area (Å²) in [5.74, 6) is -0.228. The van der Waals surface area contributed by atoms with Crippen molar-refractivity contribution in [2.45, 2.75) is 6.61 Å². The third-order valence-electron chi connectivity index (χ3n) is 4.19. The quantitative estimate of drug-likeness (QED) is 0.350. The monoisotopic (exact) mass is 427 g/mol. The predicted molar refractivity (Wildman–Crippen MR) is 111 cm³/mol. The van der Waals surface area contributed by atoms with Gasteiger partial charge in [0.05, 0.1) is 10.3 Å². The summed E-state index contributed by atoms with van der Waals surface area (Å²) >= 11 is 7.19. The zero-order valence-corrected chi connectivity index (χ0v) is 16.4. The van der Waals surface area contributed by atoms with Crippen LogP contribution < -0.4 is 15.6 Å². The topological polar surface area (TPSA) is 88.8 Å². The molecule has 0 aliphatic heterocycles. The normalized spacial score (nSPS) is 10.8. The standard InChI is InChI=1S/C21H14ClNO5S/c22-13-6-8-16-15(10-13)18(24)20(19(28-16)12-4-2-1-3-5-12)27-11-14-7-9-17(29-14)21(25)23-26/h1-10,26H,11H2,(H,23,25). The Bertz CT molecular complexity index is 1250. The first-order valence-electron chi connectivity index (χ1n) is 8.54. The van der Waals surface area contributed by atoms with Crippen LogP contribution in [0.1, 0.15) is 14.5 Å². The number of amides is 1. The summed E-state index contributed by atoms with van der Waals surface area (Å²) in [6.07, 6.45) is 0. The van der Waals surface area contributed by atoms with Gasteiger partial charge < -0.3 is 9.15 Å². The summed E-state index contributed by atoms with van der Waals surface area (Å²) in [4.78, 5) is 25.6. The van der Waals surface area contributed by atoms with Crippen LogP contribution in [0.15, 0.2) is 69.9 Å². The van der Waals surface area contributed by atoms with E-state index in [2.05, 4.69) is 0 Å². The second kappa shape index (κ2) is 8.08. The molecule has 29 heavy (non-hydrogen) atoms. The van der Waals surface area contributed by atoms with Crippen LogP contribution in [0, 0.1) is 0 Å². The molecule has 2 heterocycles. The van der Waals surface area contributed by atoms with E-state index in [-0.39, 0.29) is 17.8 Å². The number of hydrogen-bond donors (Lipinski definition) is 2. The lowest BCUT2D eigenvalue weighted by Crippen LogP contribution is -2.16. The van der Waals surface area contributed by atoms with E-state index in [4.69, 9.17) is 26.0 Å². The zero-order valence-electron chi connectivity index (χ0n) is 14.8. The van der Waals surface area contributed by atoms with Crippen molar-refractivity contribution in [2.24, 2.45) is 0 Å². The van der Waals surface area contributed by atoms with Crippen LogP contribution >= 0.6 is 22.9 Å². The third-order valence-corrected chi connectivity index (χ3v) is 5.49. The Morgan fingerprint density at radius 1 is 1.14 bits per heavy atom. The van der Waals surface area contributed by atoms with Gasteiger partial charge in [-0.05, 0) is 30.3 Å². The highest BCUT2D eigenvalue weighted by Crippen LogP contribution is 2.32. The number of carbonyl (C=O) groups is 1. The number of hydrogen-bond acceptors (Lipinski definition) is 6. The van der Waals surface area contributed by atoms with Gasteiger partial charge in [0.25, 0.3) is 5.91 Å². The zero-order chi connectivity index (χ0) is 20.4. The molecule has 4 rings (SSSR count). The maximum absolute atomic E-state index is 13.1. The maximum atomic E-state index is 13.1. The molecule has 0 fully saturated rings. The molecular weight excluding hydrogens is 414 g/mol. The minimum atomic E-state index is -0.605. The summed E-state index contributed by atoms with van der Waals surface area (Å²) in [7, 11) is 0. The molecule has 146 valence electrons. The SMILES string of the molecule is O=C(NO)c1ccc(COc2c(-c3ccccc3)oc3ccc(Cl)cc3c2=O)s1. The van der Waals surface area contributed by atoms with Crippen molar-refractivity contribution >= 4 is 39.8 Å². The maximum Gasteiger partial charge on any atom is 0.284 e. The summed E-state index contributed by atoms with van der Waals surface area (Å²) < 4.78 is 11.8. The van der Waals surface area contributed by atoms with E-state index in [0.717, 1.165) is 11.3 Å². The van der Waals surface area contributed by atoms with Gasteiger partial charge in [-0.2, -0.15) is 0 Å². The van der Waals surface area contributed by atoms with Gasteiger partial charge in [0.1, 0.15) is 12.2 Å². The second-order valence-electron chi connectivity index (χ2n) is 6.09. The molecule has 2 aromatic heterocycles. The van der Waals surface area contributed by atoms with Gasteiger partial charge in [-0.15, -0.1) is 11.3 Å². The van der Waals surface area contributed by atoms with Crippen molar-refractivity contribution in [1.82, 2.24) is 5.48 Å². The van der Waals surface area contributed by atoms with E-state index in [9.17, 15) is 9.59 Å². The van der Waals surface area contributed by atoms with E-state index in [1.165, 1.54) is 0 Å². The lowest BCUT2D eigenvalue weighted by molar-refractivity contribution is 0.0711. The predicted octanol–water partition coefficient (Wildman–Crippen LogP) is 4.87. The smallest absolute Gasteiger partial charge is 0.284 e. The van der Waals surface area contributed by atoms with E-state index in [1.54, 1.807) is 35.8 Å². The first kappa shape index (κ1) is 19.2. The molecule has 8 heteroatoms. The highest BCUT2D eigenvalue weighted by molar-refractivity contribution is 7.14. The first-order valence-corrected chi connectivity index (χ1v) is 9.74. The molecule has 0 saturated heterocycles. The molecule has 2 N–H and O–H groups in total. The molecule has 4 aromatic rings. The molecule has 1 amide bonds. The number of halogens is 1. The Balaban J connectivity index is 1.77. The van der Waals surface area contributed by atoms with Crippen LogP contribution in [0.25, 0.3) is 22.3 Å². The molecule has 0 spiro atoms. The highest BCUT2D eigenvalue weighted by Gasteiger charge is 2.19. The van der Waals surface area contributed by atoms with Crippen LogP contribution in [0.5, 0.6) is 5.75 Å². The number of hydroxylamine groups is 1. The van der Waals surface area contributed by atoms with Gasteiger partial charge in [0, 0.05) is 15.5 Å². The fourth-order valence-electron chi connectivity index (χ4n) is 2.84. The second-order valence-corrected chi connectivity index (χ2v) is 7.70. The van der Waals surface area contributed by atoms with Crippen LogP contribution in [0.4, 0.5) is 0 Å². The number of benzene rings is 2. The average Bonchev–Trinajstić information content (AvgIpc) is 3.22. The minimum absolute atomic E-state index is 0.0556. The molecule has 6 nitrogen and oxygen atoms in total. The Morgan fingerprint density at radius 3 is 2.69 bits per heavy atom. The van der Waals surface area contributed by atoms with Crippen molar-refractivity contribution in [1.29, 1.82) is 0 Å². The summed E-state index contributed by atoms with van der Waals surface area (Å²) in [5, 5.41) is 9.47. The Kier molecular flexibility index (Phi) is 5.35. The molecule has 0 aliphatic carbocycles. The minimum Gasteiger partial charge on any atom is -0.481 e. The van der Waals surface area contributed by atoms with Gasteiger partial charge in [0.2, 0.25) is 11.2 Å². The fraction of sp³-hybridized carbons (Fsp3) is 0.0476. The van der Waals surface area contributed by atoms with Gasteiger partial charge in [-0.25, -0.2) is 5.48 Å². The van der Waals surface area contributed by atoms with Gasteiger partial charge in [0.15, 0.2) is 5.76 Å². The number of nitrogens with one attached hydrogen (secondary N) is 1. The number of thiophene rings is 1. The van der Waals surface area contributed by atoms with Crippen molar-refractivity contribution in [3.63, 3.8) is 0 Å². The number of ether oxygens (including phenoxy) is 1. The molecule has 0 aliphatic rings. The summed E-state index contributed by atoms with van der Waals surface area (Å²) in [5.41, 5.74) is 2.35. The Labute approximate surface area is 173 Å². The first-order chi connectivity index (χ1) is 14.1. The number of carbonyl (C=O) groups excluding carboxylic acids is 1. The Hall–Kier alpha value is -3.13. The van der Waals surface area contributed by atoms with Crippen LogP contribution in [0.3, 0.4) is 0 Å². The van der Waals surface area contributed by atoms with Crippen molar-refractivity contribution in [3.8, 4) is 17.1 Å². The van der Waals surface area contributed by atoms with Gasteiger partial charge >= 0.3 is 0 Å². The summed E-state index contributed by atoms with van der Waals surface area (Å²) in [6, 6.07) is 17.3. The van der Waals surface area contributed by atoms with E-state index in [1.807, 2.05) is 30.3 Å². The van der Waals surface area contributed by atoms with E-state index >= 15 is 0 Å².